The molecular weight excluding hydrogens is 540 g/mol. The van der Waals surface area contributed by atoms with Gasteiger partial charge in [0.15, 0.2) is 0 Å². The number of hydrogen-bond donors (Lipinski definition) is 0. The molecule has 43 heavy (non-hydrogen) atoms. The van der Waals surface area contributed by atoms with Gasteiger partial charge < -0.3 is 19.1 Å². The van der Waals surface area contributed by atoms with Crippen LogP contribution in [0.4, 0.5) is 4.79 Å². The van der Waals surface area contributed by atoms with E-state index in [1.807, 2.05) is 52.0 Å². The third-order valence-electron chi connectivity index (χ3n) is 8.49. The van der Waals surface area contributed by atoms with Crippen molar-refractivity contribution in [2.75, 3.05) is 20.1 Å². The fourth-order valence-electron chi connectivity index (χ4n) is 6.55. The van der Waals surface area contributed by atoms with Crippen molar-refractivity contribution in [2.24, 2.45) is 0 Å². The first kappa shape index (κ1) is 23.8. The molecule has 9 heteroatoms. The molecule has 3 aliphatic rings. The summed E-state index contributed by atoms with van der Waals surface area (Å²) in [7, 11) is 0. The number of ether oxygens (including phenoxy) is 1. The summed E-state index contributed by atoms with van der Waals surface area (Å²) in [6.45, 7) is 7.60. The SMILES string of the molecule is [2H]C([2H])([2H])N1C(=O)c2cccc(C#CC)c2[C@H]2C[C@@H]1c1nc3ccc(-c4cnc(C5(C)CN(C(=O)OC(C)(C)C)C5)nc4)cc3n12. The Hall–Kier alpha value is -4.71. The lowest BCUT2D eigenvalue weighted by Crippen LogP contribution is -2.61. The highest BCUT2D eigenvalue weighted by molar-refractivity contribution is 5.98. The Labute approximate surface area is 255 Å². The van der Waals surface area contributed by atoms with Gasteiger partial charge in [0.2, 0.25) is 0 Å². The van der Waals surface area contributed by atoms with Crippen molar-refractivity contribution in [1.29, 1.82) is 0 Å². The lowest BCUT2D eigenvalue weighted by molar-refractivity contribution is -0.00802. The maximum atomic E-state index is 13.8. The van der Waals surface area contributed by atoms with Crippen LogP contribution in [-0.4, -0.2) is 67.0 Å². The fraction of sp³-hybridized carbons (Fsp3) is 0.382. The molecule has 3 aliphatic heterocycles. The number of fused-ring (bicyclic) bond motifs is 9. The van der Waals surface area contributed by atoms with Gasteiger partial charge in [0.25, 0.3) is 5.91 Å². The Morgan fingerprint density at radius 2 is 1.88 bits per heavy atom. The van der Waals surface area contributed by atoms with Crippen molar-refractivity contribution in [2.45, 2.75) is 64.1 Å². The lowest BCUT2D eigenvalue weighted by Gasteiger charge is -2.46. The molecule has 2 atom stereocenters. The number of aromatic nitrogens is 4. The van der Waals surface area contributed by atoms with Crippen LogP contribution in [0.5, 0.6) is 0 Å². The molecule has 2 amide bonds. The van der Waals surface area contributed by atoms with E-state index in [1.54, 1.807) is 36.4 Å². The molecule has 2 aromatic heterocycles. The molecule has 218 valence electrons. The van der Waals surface area contributed by atoms with Crippen molar-refractivity contribution in [1.82, 2.24) is 29.3 Å². The number of carbonyl (C=O) groups excluding carboxylic acids is 2. The Morgan fingerprint density at radius 3 is 2.58 bits per heavy atom. The Kier molecular flexibility index (Phi) is 5.20. The zero-order valence-electron chi connectivity index (χ0n) is 27.8. The van der Waals surface area contributed by atoms with E-state index in [0.29, 0.717) is 47.8 Å². The van der Waals surface area contributed by atoms with Crippen LogP contribution in [0.1, 0.15) is 90.4 Å². The average Bonchev–Trinajstić information content (AvgIpc) is 3.47. The number of nitrogens with zero attached hydrogens (tertiary/aromatic N) is 6. The van der Waals surface area contributed by atoms with Crippen LogP contribution in [0.3, 0.4) is 0 Å². The Balaban J connectivity index is 1.25. The molecule has 2 bridgehead atoms. The van der Waals surface area contributed by atoms with E-state index < -0.39 is 24.5 Å². The molecule has 0 unspecified atom stereocenters. The quantitative estimate of drug-likeness (QED) is 0.293. The molecule has 0 aliphatic carbocycles. The van der Waals surface area contributed by atoms with Gasteiger partial charge in [-0.05, 0) is 64.4 Å². The molecule has 0 radical (unpaired) electrons. The smallest absolute Gasteiger partial charge is 0.410 e. The molecule has 2 aromatic carbocycles. The second-order valence-corrected chi connectivity index (χ2v) is 12.8. The zero-order chi connectivity index (χ0) is 32.8. The van der Waals surface area contributed by atoms with Gasteiger partial charge in [0.1, 0.15) is 17.2 Å². The molecule has 0 N–H and O–H groups in total. The minimum Gasteiger partial charge on any atom is -0.444 e. The fourth-order valence-corrected chi connectivity index (χ4v) is 6.55. The number of rotatable bonds is 2. The summed E-state index contributed by atoms with van der Waals surface area (Å²) < 4.78 is 32.4. The number of imidazole rings is 1. The van der Waals surface area contributed by atoms with E-state index in [9.17, 15) is 9.59 Å². The van der Waals surface area contributed by atoms with Gasteiger partial charge in [0, 0.05) is 65.2 Å². The minimum absolute atomic E-state index is 0.325. The normalized spacial score (nSPS) is 21.4. The van der Waals surface area contributed by atoms with Gasteiger partial charge in [-0.3, -0.25) is 4.79 Å². The van der Waals surface area contributed by atoms with Crippen LogP contribution in [0.25, 0.3) is 22.2 Å². The van der Waals surface area contributed by atoms with E-state index in [0.717, 1.165) is 27.1 Å². The van der Waals surface area contributed by atoms with Crippen molar-refractivity contribution in [3.63, 3.8) is 0 Å². The van der Waals surface area contributed by atoms with E-state index in [-0.39, 0.29) is 17.6 Å². The number of benzene rings is 2. The van der Waals surface area contributed by atoms with Crippen LogP contribution in [0.15, 0.2) is 48.8 Å². The highest BCUT2D eigenvalue weighted by Gasteiger charge is 2.47. The first-order chi connectivity index (χ1) is 21.7. The second kappa shape index (κ2) is 9.40. The number of amides is 2. The predicted octanol–water partition coefficient (Wildman–Crippen LogP) is 5.49. The second-order valence-electron chi connectivity index (χ2n) is 12.8. The molecule has 0 saturated carbocycles. The number of likely N-dealkylation sites (tertiary alicyclic amines) is 1. The summed E-state index contributed by atoms with van der Waals surface area (Å²) in [4.78, 5) is 43.2. The van der Waals surface area contributed by atoms with Gasteiger partial charge in [-0.1, -0.05) is 18.1 Å². The largest absolute Gasteiger partial charge is 0.444 e. The summed E-state index contributed by atoms with van der Waals surface area (Å²) in [5.74, 6) is 6.75. The first-order valence-corrected chi connectivity index (χ1v) is 14.4. The Bertz CT molecular complexity index is 1980. The standard InChI is InChI=1S/C34H34N6O3/c1-7-9-20-10-8-11-23-28(20)26-15-27(38(6)30(23)41)29-37-24-13-12-21(14-25(24)40(26)29)22-16-35-31(36-17-22)34(5)18-39(19-34)32(42)43-33(2,3)4/h8,10-14,16-17,26-27H,15,18-19H2,1-6H3/t26-,27-/m1/s1/i6D3. The van der Waals surface area contributed by atoms with Crippen molar-refractivity contribution in [3.8, 4) is 23.0 Å². The predicted molar refractivity (Wildman–Crippen MR) is 163 cm³/mol. The highest BCUT2D eigenvalue weighted by Crippen LogP contribution is 2.48. The monoisotopic (exact) mass is 577 g/mol. The van der Waals surface area contributed by atoms with E-state index >= 15 is 0 Å². The van der Waals surface area contributed by atoms with Crippen molar-refractivity contribution < 1.29 is 18.4 Å². The molecule has 5 heterocycles. The Morgan fingerprint density at radius 1 is 1.12 bits per heavy atom. The van der Waals surface area contributed by atoms with E-state index in [4.69, 9.17) is 23.8 Å². The minimum atomic E-state index is -2.65. The summed E-state index contributed by atoms with van der Waals surface area (Å²) in [5, 5.41) is 0. The molecule has 1 saturated heterocycles. The van der Waals surface area contributed by atoms with Gasteiger partial charge in [-0.15, -0.1) is 5.92 Å². The summed E-state index contributed by atoms with van der Waals surface area (Å²) in [5.41, 5.74) is 4.06. The van der Waals surface area contributed by atoms with Gasteiger partial charge in [-0.2, -0.15) is 0 Å². The van der Waals surface area contributed by atoms with Crippen LogP contribution >= 0.6 is 0 Å². The maximum Gasteiger partial charge on any atom is 0.410 e. The lowest BCUT2D eigenvalue weighted by atomic mass is 9.81. The van der Waals surface area contributed by atoms with Crippen molar-refractivity contribution in [3.05, 3.63) is 77.1 Å². The van der Waals surface area contributed by atoms with Crippen LogP contribution in [0, 0.1) is 11.8 Å². The molecule has 7 rings (SSSR count). The van der Waals surface area contributed by atoms with Crippen LogP contribution in [-0.2, 0) is 10.2 Å². The summed E-state index contributed by atoms with van der Waals surface area (Å²) >= 11 is 0. The van der Waals surface area contributed by atoms with Crippen LogP contribution in [0.2, 0.25) is 0 Å². The molecule has 9 nitrogen and oxygen atoms in total. The molecule has 4 aromatic rings. The number of hydrogen-bond acceptors (Lipinski definition) is 6. The topological polar surface area (TPSA) is 93.5 Å². The van der Waals surface area contributed by atoms with Gasteiger partial charge in [-0.25, -0.2) is 19.7 Å². The van der Waals surface area contributed by atoms with Gasteiger partial charge in [0.05, 0.1) is 28.5 Å². The average molecular weight is 578 g/mol. The summed E-state index contributed by atoms with van der Waals surface area (Å²) in [6, 6.07) is 10.1. The molecule has 1 fully saturated rings. The first-order valence-electron chi connectivity index (χ1n) is 15.9. The number of carbonyl (C=O) groups is 2. The molecule has 0 spiro atoms. The molecular formula is C34H34N6O3. The van der Waals surface area contributed by atoms with Crippen LogP contribution < -0.4 is 0 Å². The van der Waals surface area contributed by atoms with Crippen molar-refractivity contribution >= 4 is 23.0 Å². The van der Waals surface area contributed by atoms with E-state index in [1.165, 1.54) is 0 Å². The summed E-state index contributed by atoms with van der Waals surface area (Å²) in [6.07, 6.45) is 3.62. The van der Waals surface area contributed by atoms with E-state index in [2.05, 4.69) is 16.4 Å². The zero-order valence-corrected chi connectivity index (χ0v) is 24.8. The highest BCUT2D eigenvalue weighted by atomic mass is 16.6. The van der Waals surface area contributed by atoms with Gasteiger partial charge >= 0.3 is 6.09 Å². The third kappa shape index (κ3) is 4.27. The third-order valence-corrected chi connectivity index (χ3v) is 8.49. The maximum absolute atomic E-state index is 13.8.